The van der Waals surface area contributed by atoms with Crippen molar-refractivity contribution in [1.29, 1.82) is 0 Å². The Morgan fingerprint density at radius 1 is 1.23 bits per heavy atom. The van der Waals surface area contributed by atoms with Crippen molar-refractivity contribution in [3.05, 3.63) is 35.9 Å². The molecule has 1 amide bonds. The highest BCUT2D eigenvalue weighted by Gasteiger charge is 2.24. The van der Waals surface area contributed by atoms with Crippen LogP contribution in [0.4, 0.5) is 4.79 Å². The van der Waals surface area contributed by atoms with E-state index in [2.05, 4.69) is 29.6 Å². The van der Waals surface area contributed by atoms with Gasteiger partial charge in [-0.15, -0.1) is 24.0 Å². The normalized spacial score (nSPS) is 19.6. The van der Waals surface area contributed by atoms with Crippen molar-refractivity contribution in [2.75, 3.05) is 32.9 Å². The van der Waals surface area contributed by atoms with Crippen molar-refractivity contribution < 1.29 is 14.3 Å². The quantitative estimate of drug-likeness (QED) is 0.333. The molecule has 0 aliphatic carbocycles. The number of aliphatic imine (C=N–C) groups is 1. The molecule has 30 heavy (non-hydrogen) atoms. The van der Waals surface area contributed by atoms with Crippen LogP contribution >= 0.6 is 24.0 Å². The number of rotatable bonds is 6. The van der Waals surface area contributed by atoms with E-state index in [0.717, 1.165) is 45.3 Å². The number of nitrogens with one attached hydrogen (secondary N) is 1. The van der Waals surface area contributed by atoms with Gasteiger partial charge in [-0.25, -0.2) is 9.79 Å². The number of likely N-dealkylation sites (tertiary alicyclic amines) is 1. The van der Waals surface area contributed by atoms with Gasteiger partial charge in [0.05, 0.1) is 18.7 Å². The van der Waals surface area contributed by atoms with Gasteiger partial charge in [0.2, 0.25) is 0 Å². The highest BCUT2D eigenvalue weighted by Crippen LogP contribution is 2.27. The number of nitrogens with two attached hydrogens (primary N) is 1. The molecule has 3 N–H and O–H groups in total. The van der Waals surface area contributed by atoms with Gasteiger partial charge in [0.1, 0.15) is 0 Å². The molecule has 0 aromatic heterocycles. The number of carbonyl (C=O) groups excluding carboxylic acids is 1. The molecule has 2 saturated heterocycles. The van der Waals surface area contributed by atoms with Crippen molar-refractivity contribution in [3.8, 4) is 0 Å². The molecule has 0 radical (unpaired) electrons. The van der Waals surface area contributed by atoms with Gasteiger partial charge in [-0.05, 0) is 50.5 Å². The average molecular weight is 530 g/mol. The Kier molecular flexibility index (Phi) is 10.7. The first-order valence-corrected chi connectivity index (χ1v) is 10.8. The lowest BCUT2D eigenvalue weighted by atomic mass is 9.89. The minimum absolute atomic E-state index is 0. The number of halogens is 1. The van der Waals surface area contributed by atoms with E-state index in [1.54, 1.807) is 4.90 Å². The second-order valence-corrected chi connectivity index (χ2v) is 7.83. The Balaban J connectivity index is 0.00000320. The number of piperidine rings is 1. The number of hydrogen-bond acceptors (Lipinski definition) is 4. The summed E-state index contributed by atoms with van der Waals surface area (Å²) in [6.45, 7) is 5.23. The maximum absolute atomic E-state index is 11.8. The molecule has 168 valence electrons. The maximum Gasteiger partial charge on any atom is 0.409 e. The van der Waals surface area contributed by atoms with Crippen LogP contribution in [0.2, 0.25) is 0 Å². The average Bonchev–Trinajstić information content (AvgIpc) is 2.75. The SMILES string of the molecule is CCOC(=O)N1CCC(N=C(N)NC(CC2CCOCC2)c2ccccc2)CC1.I. The van der Waals surface area contributed by atoms with E-state index < -0.39 is 0 Å². The molecule has 8 heteroatoms. The van der Waals surface area contributed by atoms with Gasteiger partial charge < -0.3 is 25.4 Å². The molecule has 1 aromatic carbocycles. The van der Waals surface area contributed by atoms with E-state index in [1.807, 2.05) is 13.0 Å². The summed E-state index contributed by atoms with van der Waals surface area (Å²) in [5, 5.41) is 3.46. The lowest BCUT2D eigenvalue weighted by Crippen LogP contribution is -2.42. The molecule has 1 unspecified atom stereocenters. The smallest absolute Gasteiger partial charge is 0.409 e. The number of ether oxygens (including phenoxy) is 2. The Morgan fingerprint density at radius 2 is 1.90 bits per heavy atom. The molecule has 2 aliphatic rings. The van der Waals surface area contributed by atoms with Crippen LogP contribution in [-0.2, 0) is 9.47 Å². The summed E-state index contributed by atoms with van der Waals surface area (Å²) in [6.07, 6.45) is 4.57. The molecule has 2 fully saturated rings. The van der Waals surface area contributed by atoms with Crippen molar-refractivity contribution in [3.63, 3.8) is 0 Å². The number of hydrogen-bond donors (Lipinski definition) is 2. The van der Waals surface area contributed by atoms with Gasteiger partial charge in [-0.2, -0.15) is 0 Å². The molecule has 0 spiro atoms. The van der Waals surface area contributed by atoms with Crippen molar-refractivity contribution >= 4 is 36.0 Å². The second-order valence-electron chi connectivity index (χ2n) is 7.83. The fourth-order valence-corrected chi connectivity index (χ4v) is 4.08. The molecular formula is C22H35IN4O3. The van der Waals surface area contributed by atoms with E-state index in [-0.39, 0.29) is 42.2 Å². The van der Waals surface area contributed by atoms with Crippen molar-refractivity contribution in [2.24, 2.45) is 16.6 Å². The van der Waals surface area contributed by atoms with Crippen molar-refractivity contribution in [1.82, 2.24) is 10.2 Å². The van der Waals surface area contributed by atoms with E-state index >= 15 is 0 Å². The summed E-state index contributed by atoms with van der Waals surface area (Å²) in [5.41, 5.74) is 7.53. The third-order valence-corrected chi connectivity index (χ3v) is 5.75. The van der Waals surface area contributed by atoms with Crippen LogP contribution in [0.5, 0.6) is 0 Å². The molecule has 2 heterocycles. The first kappa shape index (κ1) is 24.7. The van der Waals surface area contributed by atoms with Gasteiger partial charge in [0.25, 0.3) is 0 Å². The highest BCUT2D eigenvalue weighted by atomic mass is 127. The Hall–Kier alpha value is -1.55. The van der Waals surface area contributed by atoms with Gasteiger partial charge in [-0.3, -0.25) is 0 Å². The Bertz CT molecular complexity index is 660. The molecular weight excluding hydrogens is 495 g/mol. The minimum atomic E-state index is -0.235. The first-order chi connectivity index (χ1) is 14.2. The monoisotopic (exact) mass is 530 g/mol. The highest BCUT2D eigenvalue weighted by molar-refractivity contribution is 14.0. The summed E-state index contributed by atoms with van der Waals surface area (Å²) in [6, 6.07) is 10.7. The molecule has 1 aromatic rings. The second kappa shape index (κ2) is 13.0. The summed E-state index contributed by atoms with van der Waals surface area (Å²) in [7, 11) is 0. The third kappa shape index (κ3) is 7.61. The van der Waals surface area contributed by atoms with Crippen LogP contribution in [0.25, 0.3) is 0 Å². The zero-order valence-electron chi connectivity index (χ0n) is 17.8. The van der Waals surface area contributed by atoms with Crippen LogP contribution < -0.4 is 11.1 Å². The number of guanidine groups is 1. The predicted octanol–water partition coefficient (Wildman–Crippen LogP) is 3.69. The van der Waals surface area contributed by atoms with E-state index in [9.17, 15) is 4.79 Å². The zero-order valence-corrected chi connectivity index (χ0v) is 20.1. The number of benzene rings is 1. The molecule has 3 rings (SSSR count). The van der Waals surface area contributed by atoms with Crippen LogP contribution in [0.1, 0.15) is 50.6 Å². The molecule has 1 atom stereocenters. The Morgan fingerprint density at radius 3 is 2.53 bits per heavy atom. The largest absolute Gasteiger partial charge is 0.450 e. The summed E-state index contributed by atoms with van der Waals surface area (Å²) in [4.78, 5) is 18.3. The van der Waals surface area contributed by atoms with Gasteiger partial charge >= 0.3 is 6.09 Å². The standard InChI is InChI=1S/C22H34N4O3.HI/c1-2-29-22(27)26-12-8-19(9-13-26)24-21(23)25-20(18-6-4-3-5-7-18)16-17-10-14-28-15-11-17;/h3-7,17,19-20H,2,8-16H2,1H3,(H3,23,24,25);1H. The van der Waals surface area contributed by atoms with Gasteiger partial charge in [0.15, 0.2) is 5.96 Å². The van der Waals surface area contributed by atoms with Crippen LogP contribution in [-0.4, -0.2) is 55.9 Å². The van der Waals surface area contributed by atoms with E-state index in [1.165, 1.54) is 5.56 Å². The molecule has 2 aliphatic heterocycles. The fraction of sp³-hybridized carbons (Fsp3) is 0.636. The number of nitrogens with zero attached hydrogens (tertiary/aromatic N) is 2. The summed E-state index contributed by atoms with van der Waals surface area (Å²) >= 11 is 0. The maximum atomic E-state index is 11.8. The Labute approximate surface area is 196 Å². The third-order valence-electron chi connectivity index (χ3n) is 5.75. The first-order valence-electron chi connectivity index (χ1n) is 10.8. The number of carbonyl (C=O) groups is 1. The lowest BCUT2D eigenvalue weighted by Gasteiger charge is -2.30. The summed E-state index contributed by atoms with van der Waals surface area (Å²) in [5.74, 6) is 1.11. The fourth-order valence-electron chi connectivity index (χ4n) is 4.08. The van der Waals surface area contributed by atoms with Crippen LogP contribution in [0, 0.1) is 5.92 Å². The topological polar surface area (TPSA) is 89.2 Å². The minimum Gasteiger partial charge on any atom is -0.450 e. The lowest BCUT2D eigenvalue weighted by molar-refractivity contribution is 0.0612. The zero-order chi connectivity index (χ0) is 20.5. The van der Waals surface area contributed by atoms with Crippen LogP contribution in [0.3, 0.4) is 0 Å². The van der Waals surface area contributed by atoms with E-state index in [0.29, 0.717) is 31.6 Å². The van der Waals surface area contributed by atoms with Crippen LogP contribution in [0.15, 0.2) is 35.3 Å². The summed E-state index contributed by atoms with van der Waals surface area (Å²) < 4.78 is 10.6. The van der Waals surface area contributed by atoms with Crippen molar-refractivity contribution in [2.45, 2.75) is 51.1 Å². The van der Waals surface area contributed by atoms with Gasteiger partial charge in [-0.1, -0.05) is 30.3 Å². The predicted molar refractivity (Wildman–Crippen MR) is 129 cm³/mol. The van der Waals surface area contributed by atoms with Gasteiger partial charge in [0, 0.05) is 26.3 Å². The molecule has 7 nitrogen and oxygen atoms in total. The molecule has 0 saturated carbocycles. The molecule has 0 bridgehead atoms. The number of amides is 1. The van der Waals surface area contributed by atoms with E-state index in [4.69, 9.17) is 20.2 Å².